The number of anilines is 1. The van der Waals surface area contributed by atoms with Crippen LogP contribution in [0.5, 0.6) is 0 Å². The van der Waals surface area contributed by atoms with Crippen molar-refractivity contribution in [3.05, 3.63) is 107 Å². The number of Topliss-reactive ketones (excluding diaryl/α,β-unsaturated/α-hetero) is 1. The number of halogens is 3. The molecule has 4 rings (SSSR count). The van der Waals surface area contributed by atoms with E-state index in [1.807, 2.05) is 0 Å². The Kier molecular flexibility index (Phi) is 5.10. The van der Waals surface area contributed by atoms with Crippen molar-refractivity contribution in [1.29, 1.82) is 0 Å². The Bertz CT molecular complexity index is 1170. The average Bonchev–Trinajstić information content (AvgIpc) is 3.04. The summed E-state index contributed by atoms with van der Waals surface area (Å²) in [4.78, 5) is 26.9. The van der Waals surface area contributed by atoms with Crippen LogP contribution >= 0.6 is 0 Å². The molecular formula is C24H16F3NO3. The van der Waals surface area contributed by atoms with Crippen LogP contribution in [0.1, 0.15) is 22.7 Å². The normalized spacial score (nSPS) is 18.4. The molecule has 31 heavy (non-hydrogen) atoms. The maximum atomic E-state index is 13.3. The van der Waals surface area contributed by atoms with Crippen molar-refractivity contribution >= 4 is 23.1 Å². The Morgan fingerprint density at radius 2 is 1.45 bits per heavy atom. The number of rotatable bonds is 3. The SMILES string of the molecule is O=C1C(=O)N(c2cccc(C(F)(F)F)c2)[C@H](c2ccccc2)C1=C(O)c1ccccc1. The van der Waals surface area contributed by atoms with Crippen LogP contribution in [0.3, 0.4) is 0 Å². The van der Waals surface area contributed by atoms with Gasteiger partial charge in [0.1, 0.15) is 5.76 Å². The Morgan fingerprint density at radius 3 is 2.06 bits per heavy atom. The molecule has 4 nitrogen and oxygen atoms in total. The zero-order chi connectivity index (χ0) is 22.2. The molecule has 3 aromatic carbocycles. The van der Waals surface area contributed by atoms with Crippen LogP contribution in [-0.2, 0) is 15.8 Å². The van der Waals surface area contributed by atoms with E-state index in [0.717, 1.165) is 17.0 Å². The first-order valence-electron chi connectivity index (χ1n) is 9.37. The summed E-state index contributed by atoms with van der Waals surface area (Å²) in [5.74, 6) is -2.36. The molecule has 1 aliphatic rings. The van der Waals surface area contributed by atoms with Crippen molar-refractivity contribution in [2.75, 3.05) is 4.90 Å². The zero-order valence-corrected chi connectivity index (χ0v) is 16.0. The van der Waals surface area contributed by atoms with Crippen LogP contribution in [0.2, 0.25) is 0 Å². The highest BCUT2D eigenvalue weighted by atomic mass is 19.4. The number of alkyl halides is 3. The molecule has 1 saturated heterocycles. The van der Waals surface area contributed by atoms with Gasteiger partial charge in [-0.2, -0.15) is 13.2 Å². The van der Waals surface area contributed by atoms with E-state index in [9.17, 15) is 27.9 Å². The van der Waals surface area contributed by atoms with Crippen molar-refractivity contribution in [2.45, 2.75) is 12.2 Å². The third-order valence-corrected chi connectivity index (χ3v) is 5.06. The molecule has 1 heterocycles. The van der Waals surface area contributed by atoms with Crippen LogP contribution in [0.4, 0.5) is 18.9 Å². The van der Waals surface area contributed by atoms with Gasteiger partial charge < -0.3 is 5.11 Å². The molecule has 0 radical (unpaired) electrons. The summed E-state index contributed by atoms with van der Waals surface area (Å²) >= 11 is 0. The van der Waals surface area contributed by atoms with E-state index in [-0.39, 0.29) is 17.0 Å². The third-order valence-electron chi connectivity index (χ3n) is 5.06. The summed E-state index contributed by atoms with van der Waals surface area (Å²) in [7, 11) is 0. The van der Waals surface area contributed by atoms with E-state index in [1.54, 1.807) is 60.7 Å². The lowest BCUT2D eigenvalue weighted by molar-refractivity contribution is -0.137. The lowest BCUT2D eigenvalue weighted by Crippen LogP contribution is -2.29. The second kappa shape index (κ2) is 7.75. The van der Waals surface area contributed by atoms with Crippen molar-refractivity contribution in [2.24, 2.45) is 0 Å². The number of ketones is 1. The molecule has 0 spiro atoms. The lowest BCUT2D eigenvalue weighted by Gasteiger charge is -2.26. The predicted molar refractivity (Wildman–Crippen MR) is 109 cm³/mol. The van der Waals surface area contributed by atoms with Gasteiger partial charge in [-0.05, 0) is 23.8 Å². The summed E-state index contributed by atoms with van der Waals surface area (Å²) in [5, 5.41) is 10.9. The first-order chi connectivity index (χ1) is 14.8. The number of carbonyl (C=O) groups excluding carboxylic acids is 2. The van der Waals surface area contributed by atoms with Gasteiger partial charge in [0, 0.05) is 11.3 Å². The van der Waals surface area contributed by atoms with E-state index < -0.39 is 29.5 Å². The third kappa shape index (κ3) is 3.70. The number of nitrogens with zero attached hydrogens (tertiary/aromatic N) is 1. The van der Waals surface area contributed by atoms with Gasteiger partial charge in [0.05, 0.1) is 17.2 Å². The van der Waals surface area contributed by atoms with Gasteiger partial charge in [-0.1, -0.05) is 66.7 Å². The first-order valence-corrected chi connectivity index (χ1v) is 9.37. The van der Waals surface area contributed by atoms with Gasteiger partial charge in [0.15, 0.2) is 0 Å². The Hall–Kier alpha value is -3.87. The molecule has 1 atom stereocenters. The van der Waals surface area contributed by atoms with Crippen LogP contribution in [-0.4, -0.2) is 16.8 Å². The number of hydrogen-bond donors (Lipinski definition) is 1. The van der Waals surface area contributed by atoms with Crippen LogP contribution in [0.25, 0.3) is 5.76 Å². The van der Waals surface area contributed by atoms with Crippen LogP contribution in [0.15, 0.2) is 90.5 Å². The molecule has 1 aliphatic heterocycles. The highest BCUT2D eigenvalue weighted by Crippen LogP contribution is 2.43. The monoisotopic (exact) mass is 423 g/mol. The van der Waals surface area contributed by atoms with Crippen LogP contribution in [0, 0.1) is 0 Å². The Balaban J connectivity index is 1.94. The number of benzene rings is 3. The standard InChI is InChI=1S/C24H16F3NO3/c25-24(26,27)17-12-7-13-18(14-17)28-20(15-8-3-1-4-9-15)19(22(30)23(28)31)21(29)16-10-5-2-6-11-16/h1-14,20,29H/t20-/m1/s1. The molecule has 7 heteroatoms. The topological polar surface area (TPSA) is 57.6 Å². The highest BCUT2D eigenvalue weighted by molar-refractivity contribution is 6.51. The largest absolute Gasteiger partial charge is 0.507 e. The number of carbonyl (C=O) groups is 2. The molecule has 0 aromatic heterocycles. The molecule has 0 bridgehead atoms. The minimum Gasteiger partial charge on any atom is -0.507 e. The number of hydrogen-bond acceptors (Lipinski definition) is 3. The van der Waals surface area contributed by atoms with Crippen molar-refractivity contribution in [1.82, 2.24) is 0 Å². The maximum absolute atomic E-state index is 13.3. The van der Waals surface area contributed by atoms with E-state index in [4.69, 9.17) is 0 Å². The quantitative estimate of drug-likeness (QED) is 0.352. The van der Waals surface area contributed by atoms with E-state index in [1.165, 1.54) is 12.1 Å². The minimum atomic E-state index is -4.62. The van der Waals surface area contributed by atoms with E-state index in [2.05, 4.69) is 0 Å². The number of aliphatic hydroxyl groups excluding tert-OH is 1. The van der Waals surface area contributed by atoms with Gasteiger partial charge in [-0.25, -0.2) is 0 Å². The average molecular weight is 423 g/mol. The minimum absolute atomic E-state index is 0.0853. The summed E-state index contributed by atoms with van der Waals surface area (Å²) in [6, 6.07) is 19.8. The fourth-order valence-corrected chi connectivity index (χ4v) is 3.63. The van der Waals surface area contributed by atoms with E-state index >= 15 is 0 Å². The van der Waals surface area contributed by atoms with Gasteiger partial charge in [0.25, 0.3) is 11.7 Å². The summed E-state index contributed by atoms with van der Waals surface area (Å²) in [5.41, 5.74) is -0.401. The van der Waals surface area contributed by atoms with Gasteiger partial charge in [-0.3, -0.25) is 14.5 Å². The Morgan fingerprint density at radius 1 is 0.839 bits per heavy atom. The highest BCUT2D eigenvalue weighted by Gasteiger charge is 2.47. The summed E-state index contributed by atoms with van der Waals surface area (Å²) in [6.07, 6.45) is -4.62. The van der Waals surface area contributed by atoms with Crippen molar-refractivity contribution < 1.29 is 27.9 Å². The van der Waals surface area contributed by atoms with Gasteiger partial charge in [0.2, 0.25) is 0 Å². The summed E-state index contributed by atoms with van der Waals surface area (Å²) in [6.45, 7) is 0. The molecule has 3 aromatic rings. The molecule has 1 N–H and O–H groups in total. The molecule has 0 aliphatic carbocycles. The molecule has 1 fully saturated rings. The van der Waals surface area contributed by atoms with Crippen molar-refractivity contribution in [3.8, 4) is 0 Å². The molecule has 1 amide bonds. The fourth-order valence-electron chi connectivity index (χ4n) is 3.63. The maximum Gasteiger partial charge on any atom is 0.416 e. The summed E-state index contributed by atoms with van der Waals surface area (Å²) < 4.78 is 39.8. The molecule has 156 valence electrons. The second-order valence-corrected chi connectivity index (χ2v) is 6.99. The van der Waals surface area contributed by atoms with Gasteiger partial charge >= 0.3 is 6.18 Å². The Labute approximate surface area is 175 Å². The van der Waals surface area contributed by atoms with Crippen LogP contribution < -0.4 is 4.90 Å². The second-order valence-electron chi connectivity index (χ2n) is 6.99. The fraction of sp³-hybridized carbons (Fsp3) is 0.0833. The molecular weight excluding hydrogens is 407 g/mol. The number of amides is 1. The zero-order valence-electron chi connectivity index (χ0n) is 16.0. The van der Waals surface area contributed by atoms with E-state index in [0.29, 0.717) is 11.1 Å². The molecule has 0 saturated carbocycles. The smallest absolute Gasteiger partial charge is 0.416 e. The molecule has 0 unspecified atom stereocenters. The van der Waals surface area contributed by atoms with Gasteiger partial charge in [-0.15, -0.1) is 0 Å². The lowest BCUT2D eigenvalue weighted by atomic mass is 9.95. The van der Waals surface area contributed by atoms with Crippen molar-refractivity contribution in [3.63, 3.8) is 0 Å². The number of aliphatic hydroxyl groups is 1. The first kappa shape index (κ1) is 20.4. The predicted octanol–water partition coefficient (Wildman–Crippen LogP) is 5.33.